The highest BCUT2D eigenvalue weighted by Crippen LogP contribution is 2.24. The maximum atomic E-state index is 12.7. The fraction of sp³-hybridized carbons (Fsp3) is 0.207. The average molecular weight is 535 g/mol. The normalized spacial score (nSPS) is 10.7. The van der Waals surface area contributed by atoms with Gasteiger partial charge in [0.15, 0.2) is 0 Å². The van der Waals surface area contributed by atoms with E-state index in [4.69, 9.17) is 25.5 Å². The number of oxazole rings is 1. The first-order chi connectivity index (χ1) is 18.3. The van der Waals surface area contributed by atoms with E-state index in [0.29, 0.717) is 29.7 Å². The number of aryl methyl sites for hydroxylation is 2. The highest BCUT2D eigenvalue weighted by Gasteiger charge is 2.20. The molecule has 1 amide bonds. The highest BCUT2D eigenvalue weighted by molar-refractivity contribution is 6.31. The van der Waals surface area contributed by atoms with Crippen molar-refractivity contribution >= 4 is 23.7 Å². The molecule has 0 aliphatic heterocycles. The Hall–Kier alpha value is -4.30. The van der Waals surface area contributed by atoms with Crippen LogP contribution in [0.15, 0.2) is 77.2 Å². The standard InChI is InChI=1S/C29H27ClN2O6/c1-19-8-11-24(16-25(19)30)38-29(35)32(18-27(33)34)17-21-9-12-23(13-10-21)36-15-14-26-20(2)37-28(31-26)22-6-4-3-5-7-22/h3-13,16H,14-15,17-18H2,1-2H3,(H,33,34). The molecule has 0 aliphatic rings. The van der Waals surface area contributed by atoms with Crippen molar-refractivity contribution in [3.63, 3.8) is 0 Å². The fourth-order valence-electron chi connectivity index (χ4n) is 3.69. The average Bonchev–Trinajstić information content (AvgIpc) is 3.27. The predicted octanol–water partition coefficient (Wildman–Crippen LogP) is 6.32. The molecule has 1 N–H and O–H groups in total. The lowest BCUT2D eigenvalue weighted by Crippen LogP contribution is -2.37. The molecule has 0 fully saturated rings. The summed E-state index contributed by atoms with van der Waals surface area (Å²) in [4.78, 5) is 29.7. The molecule has 1 heterocycles. The number of aromatic nitrogens is 1. The van der Waals surface area contributed by atoms with Crippen LogP contribution in [0.1, 0.15) is 22.6 Å². The molecule has 4 rings (SSSR count). The van der Waals surface area contributed by atoms with E-state index < -0.39 is 18.6 Å². The van der Waals surface area contributed by atoms with Crippen LogP contribution in [0.2, 0.25) is 5.02 Å². The number of halogens is 1. The number of amides is 1. The van der Waals surface area contributed by atoms with Gasteiger partial charge in [0.05, 0.1) is 12.3 Å². The lowest BCUT2D eigenvalue weighted by molar-refractivity contribution is -0.138. The summed E-state index contributed by atoms with van der Waals surface area (Å²) in [6.07, 6.45) is -0.212. The Morgan fingerprint density at radius 3 is 2.39 bits per heavy atom. The number of carboxylic acids is 1. The Morgan fingerprint density at radius 1 is 1.00 bits per heavy atom. The third-order valence-corrected chi connectivity index (χ3v) is 6.16. The van der Waals surface area contributed by atoms with E-state index in [0.717, 1.165) is 33.0 Å². The molecule has 4 aromatic rings. The van der Waals surface area contributed by atoms with Crippen molar-refractivity contribution in [1.29, 1.82) is 0 Å². The molecule has 38 heavy (non-hydrogen) atoms. The van der Waals surface area contributed by atoms with E-state index in [2.05, 4.69) is 4.98 Å². The molecule has 0 radical (unpaired) electrons. The van der Waals surface area contributed by atoms with Crippen molar-refractivity contribution in [2.75, 3.05) is 13.2 Å². The number of carboxylic acid groups (broad SMARTS) is 1. The van der Waals surface area contributed by atoms with Gasteiger partial charge in [0, 0.05) is 23.6 Å². The maximum Gasteiger partial charge on any atom is 0.416 e. The SMILES string of the molecule is Cc1ccc(OC(=O)N(CC(=O)O)Cc2ccc(OCCc3nc(-c4ccccc4)oc3C)cc2)cc1Cl. The fourth-order valence-corrected chi connectivity index (χ4v) is 3.86. The summed E-state index contributed by atoms with van der Waals surface area (Å²) in [5.41, 5.74) is 3.31. The third-order valence-electron chi connectivity index (χ3n) is 5.75. The number of aliphatic carboxylic acids is 1. The van der Waals surface area contributed by atoms with Crippen molar-refractivity contribution in [3.05, 3.63) is 100 Å². The van der Waals surface area contributed by atoms with E-state index in [1.165, 1.54) is 6.07 Å². The van der Waals surface area contributed by atoms with Crippen LogP contribution < -0.4 is 9.47 Å². The van der Waals surface area contributed by atoms with Crippen LogP contribution in [0.3, 0.4) is 0 Å². The lowest BCUT2D eigenvalue weighted by atomic mass is 10.2. The van der Waals surface area contributed by atoms with Crippen LogP contribution in [0, 0.1) is 13.8 Å². The quantitative estimate of drug-likeness (QED) is 0.254. The monoisotopic (exact) mass is 534 g/mol. The maximum absolute atomic E-state index is 12.7. The van der Waals surface area contributed by atoms with Crippen LogP contribution in [-0.4, -0.2) is 40.2 Å². The predicted molar refractivity (Wildman–Crippen MR) is 143 cm³/mol. The van der Waals surface area contributed by atoms with Gasteiger partial charge in [-0.3, -0.25) is 9.69 Å². The second kappa shape index (κ2) is 12.3. The van der Waals surface area contributed by atoms with Crippen LogP contribution in [0.25, 0.3) is 11.5 Å². The Labute approximate surface area is 225 Å². The Kier molecular flexibility index (Phi) is 8.66. The minimum atomic E-state index is -1.15. The van der Waals surface area contributed by atoms with Gasteiger partial charge in [-0.2, -0.15) is 0 Å². The molecule has 0 unspecified atom stereocenters. The van der Waals surface area contributed by atoms with Crippen LogP contribution >= 0.6 is 11.6 Å². The van der Waals surface area contributed by atoms with Gasteiger partial charge < -0.3 is 19.0 Å². The zero-order valence-corrected chi connectivity index (χ0v) is 21.8. The molecule has 1 aromatic heterocycles. The molecule has 196 valence electrons. The summed E-state index contributed by atoms with van der Waals surface area (Å²) < 4.78 is 17.0. The zero-order valence-electron chi connectivity index (χ0n) is 21.0. The minimum absolute atomic E-state index is 0.0470. The number of benzene rings is 3. The summed E-state index contributed by atoms with van der Waals surface area (Å²) >= 11 is 6.09. The Balaban J connectivity index is 1.33. The van der Waals surface area contributed by atoms with Crippen LogP contribution in [0.5, 0.6) is 11.5 Å². The summed E-state index contributed by atoms with van der Waals surface area (Å²) in [5.74, 6) is 1.06. The summed E-state index contributed by atoms with van der Waals surface area (Å²) in [6.45, 7) is 3.64. The van der Waals surface area contributed by atoms with E-state index >= 15 is 0 Å². The molecule has 9 heteroatoms. The van der Waals surface area contributed by atoms with Gasteiger partial charge in [-0.05, 0) is 61.4 Å². The molecule has 0 saturated carbocycles. The first-order valence-electron chi connectivity index (χ1n) is 12.0. The van der Waals surface area contributed by atoms with Gasteiger partial charge >= 0.3 is 12.1 Å². The largest absolute Gasteiger partial charge is 0.493 e. The molecule has 0 bridgehead atoms. The lowest BCUT2D eigenvalue weighted by Gasteiger charge is -2.20. The molecular weight excluding hydrogens is 508 g/mol. The van der Waals surface area contributed by atoms with Gasteiger partial charge in [0.2, 0.25) is 5.89 Å². The number of nitrogens with zero attached hydrogens (tertiary/aromatic N) is 2. The van der Waals surface area contributed by atoms with Crippen molar-refractivity contribution in [3.8, 4) is 23.0 Å². The van der Waals surface area contributed by atoms with Crippen molar-refractivity contribution in [2.24, 2.45) is 0 Å². The van der Waals surface area contributed by atoms with Crippen molar-refractivity contribution in [2.45, 2.75) is 26.8 Å². The first kappa shape index (κ1) is 26.8. The number of carbonyl (C=O) groups excluding carboxylic acids is 1. The van der Waals surface area contributed by atoms with E-state index in [9.17, 15) is 14.7 Å². The van der Waals surface area contributed by atoms with Gasteiger partial charge in [-0.15, -0.1) is 0 Å². The first-order valence-corrected chi connectivity index (χ1v) is 12.3. The highest BCUT2D eigenvalue weighted by atomic mass is 35.5. The molecule has 8 nitrogen and oxygen atoms in total. The van der Waals surface area contributed by atoms with Gasteiger partial charge in [0.25, 0.3) is 0 Å². The number of hydrogen-bond acceptors (Lipinski definition) is 6. The van der Waals surface area contributed by atoms with E-state index in [-0.39, 0.29) is 12.3 Å². The van der Waals surface area contributed by atoms with Crippen LogP contribution in [0.4, 0.5) is 4.79 Å². The second-order valence-electron chi connectivity index (χ2n) is 8.66. The minimum Gasteiger partial charge on any atom is -0.493 e. The topological polar surface area (TPSA) is 102 Å². The Bertz CT molecular complexity index is 1400. The second-order valence-corrected chi connectivity index (χ2v) is 9.07. The van der Waals surface area contributed by atoms with Gasteiger partial charge in [0.1, 0.15) is 23.8 Å². The number of hydrogen-bond donors (Lipinski definition) is 1. The van der Waals surface area contributed by atoms with Crippen LogP contribution in [-0.2, 0) is 17.8 Å². The Morgan fingerprint density at radius 2 is 1.71 bits per heavy atom. The van der Waals surface area contributed by atoms with E-state index in [1.807, 2.05) is 44.2 Å². The smallest absolute Gasteiger partial charge is 0.416 e. The number of rotatable bonds is 10. The van der Waals surface area contributed by atoms with Gasteiger partial charge in [-0.25, -0.2) is 9.78 Å². The van der Waals surface area contributed by atoms with E-state index in [1.54, 1.807) is 36.4 Å². The summed E-state index contributed by atoms with van der Waals surface area (Å²) in [5, 5.41) is 9.73. The third kappa shape index (κ3) is 7.14. The molecule has 3 aromatic carbocycles. The number of ether oxygens (including phenoxy) is 2. The summed E-state index contributed by atoms with van der Waals surface area (Å²) in [7, 11) is 0. The van der Waals surface area contributed by atoms with Crippen molar-refractivity contribution < 1.29 is 28.6 Å². The molecule has 0 spiro atoms. The molecule has 0 aliphatic carbocycles. The number of carbonyl (C=O) groups is 2. The van der Waals surface area contributed by atoms with Crippen molar-refractivity contribution in [1.82, 2.24) is 9.88 Å². The molecule has 0 atom stereocenters. The molecule has 0 saturated heterocycles. The summed E-state index contributed by atoms with van der Waals surface area (Å²) in [6, 6.07) is 21.6. The van der Waals surface area contributed by atoms with Gasteiger partial charge in [-0.1, -0.05) is 48.0 Å². The zero-order chi connectivity index (χ0) is 27.1. The molecular formula is C29H27ClN2O6.